The summed E-state index contributed by atoms with van der Waals surface area (Å²) in [6.07, 6.45) is 1.34. The molecule has 2 aliphatic rings. The lowest BCUT2D eigenvalue weighted by atomic mass is 9.91. The van der Waals surface area contributed by atoms with Gasteiger partial charge in [0, 0.05) is 18.6 Å². The van der Waals surface area contributed by atoms with Crippen molar-refractivity contribution in [2.24, 2.45) is 0 Å². The van der Waals surface area contributed by atoms with E-state index in [1.165, 1.54) is 12.0 Å². The third-order valence-corrected chi connectivity index (χ3v) is 3.31. The lowest BCUT2D eigenvalue weighted by Gasteiger charge is -2.52. The van der Waals surface area contributed by atoms with Gasteiger partial charge in [-0.3, -0.25) is 4.90 Å². The fourth-order valence-electron chi connectivity index (χ4n) is 2.47. The molecule has 3 rings (SSSR count). The van der Waals surface area contributed by atoms with Crippen LogP contribution in [0.3, 0.4) is 0 Å². The second-order valence-electron chi connectivity index (χ2n) is 4.24. The zero-order valence-electron chi connectivity index (χ0n) is 8.23. The number of benzene rings is 1. The van der Waals surface area contributed by atoms with Gasteiger partial charge < -0.3 is 4.74 Å². The molecule has 2 heterocycles. The van der Waals surface area contributed by atoms with Crippen molar-refractivity contribution in [3.8, 4) is 0 Å². The van der Waals surface area contributed by atoms with Gasteiger partial charge in [-0.25, -0.2) is 0 Å². The Morgan fingerprint density at radius 1 is 1.14 bits per heavy atom. The highest BCUT2D eigenvalue weighted by molar-refractivity contribution is 5.16. The first-order valence-electron chi connectivity index (χ1n) is 5.31. The van der Waals surface area contributed by atoms with Crippen molar-refractivity contribution in [3.63, 3.8) is 0 Å². The number of fused-ring (bicyclic) bond motifs is 2. The Hall–Kier alpha value is -0.860. The summed E-state index contributed by atoms with van der Waals surface area (Å²) in [6, 6.07) is 12.1. The van der Waals surface area contributed by atoms with Crippen LogP contribution in [0.5, 0.6) is 0 Å². The van der Waals surface area contributed by atoms with E-state index < -0.39 is 0 Å². The molecule has 1 aromatic carbocycles. The molecule has 2 nitrogen and oxygen atoms in total. The van der Waals surface area contributed by atoms with Crippen molar-refractivity contribution >= 4 is 0 Å². The standard InChI is InChI=1S/C12H15NO/c1-2-4-10(5-3-1)7-13-11-6-12(13)9-14-8-11/h1-5,11-12H,6-9H2. The Morgan fingerprint density at radius 2 is 1.86 bits per heavy atom. The van der Waals surface area contributed by atoms with E-state index in [0.717, 1.165) is 19.8 Å². The van der Waals surface area contributed by atoms with Crippen LogP contribution in [0.4, 0.5) is 0 Å². The second kappa shape index (κ2) is 3.37. The van der Waals surface area contributed by atoms with E-state index in [1.54, 1.807) is 0 Å². The number of ether oxygens (including phenoxy) is 1. The molecule has 2 atom stereocenters. The van der Waals surface area contributed by atoms with Crippen molar-refractivity contribution in [2.45, 2.75) is 25.0 Å². The molecule has 2 saturated heterocycles. The smallest absolute Gasteiger partial charge is 0.0623 e. The molecule has 2 heteroatoms. The minimum absolute atomic E-state index is 0.689. The van der Waals surface area contributed by atoms with E-state index in [2.05, 4.69) is 35.2 Å². The van der Waals surface area contributed by atoms with Crippen molar-refractivity contribution in [3.05, 3.63) is 35.9 Å². The zero-order valence-corrected chi connectivity index (χ0v) is 8.23. The lowest BCUT2D eigenvalue weighted by Crippen LogP contribution is -2.62. The molecular weight excluding hydrogens is 174 g/mol. The molecule has 0 aliphatic carbocycles. The monoisotopic (exact) mass is 189 g/mol. The predicted octanol–water partition coefficient (Wildman–Crippen LogP) is 1.66. The Morgan fingerprint density at radius 3 is 2.50 bits per heavy atom. The fourth-order valence-corrected chi connectivity index (χ4v) is 2.47. The van der Waals surface area contributed by atoms with Gasteiger partial charge in [-0.15, -0.1) is 0 Å². The molecule has 1 aromatic rings. The van der Waals surface area contributed by atoms with E-state index in [0.29, 0.717) is 12.1 Å². The Balaban J connectivity index is 1.68. The molecule has 0 saturated carbocycles. The van der Waals surface area contributed by atoms with Crippen molar-refractivity contribution in [1.29, 1.82) is 0 Å². The number of rotatable bonds is 2. The number of hydrogen-bond donors (Lipinski definition) is 0. The van der Waals surface area contributed by atoms with Crippen LogP contribution >= 0.6 is 0 Å². The van der Waals surface area contributed by atoms with Gasteiger partial charge in [0.2, 0.25) is 0 Å². The predicted molar refractivity (Wildman–Crippen MR) is 55.0 cm³/mol. The van der Waals surface area contributed by atoms with Gasteiger partial charge in [-0.05, 0) is 12.0 Å². The Bertz CT molecular complexity index is 297. The SMILES string of the molecule is c1ccc(CN2C3COCC2C3)cc1. The largest absolute Gasteiger partial charge is 0.378 e. The van der Waals surface area contributed by atoms with E-state index in [1.807, 2.05) is 0 Å². The van der Waals surface area contributed by atoms with Crippen LogP contribution in [0.15, 0.2) is 30.3 Å². The van der Waals surface area contributed by atoms with Crippen LogP contribution in [-0.2, 0) is 11.3 Å². The van der Waals surface area contributed by atoms with Gasteiger partial charge in [0.25, 0.3) is 0 Å². The van der Waals surface area contributed by atoms with E-state index in [-0.39, 0.29) is 0 Å². The zero-order chi connectivity index (χ0) is 9.38. The molecule has 0 radical (unpaired) electrons. The van der Waals surface area contributed by atoms with Crippen LogP contribution in [0.1, 0.15) is 12.0 Å². The molecule has 14 heavy (non-hydrogen) atoms. The highest BCUT2D eigenvalue weighted by Gasteiger charge is 2.41. The molecule has 2 bridgehead atoms. The van der Waals surface area contributed by atoms with E-state index >= 15 is 0 Å². The normalized spacial score (nSPS) is 31.1. The molecule has 0 spiro atoms. The summed E-state index contributed by atoms with van der Waals surface area (Å²) >= 11 is 0. The molecule has 0 amide bonds. The third kappa shape index (κ3) is 1.35. The first-order valence-corrected chi connectivity index (χ1v) is 5.31. The maximum atomic E-state index is 5.46. The summed E-state index contributed by atoms with van der Waals surface area (Å²) in [5.74, 6) is 0. The van der Waals surface area contributed by atoms with Gasteiger partial charge in [0.15, 0.2) is 0 Å². The van der Waals surface area contributed by atoms with E-state index in [4.69, 9.17) is 4.74 Å². The first-order chi connectivity index (χ1) is 6.93. The summed E-state index contributed by atoms with van der Waals surface area (Å²) in [4.78, 5) is 2.57. The highest BCUT2D eigenvalue weighted by atomic mass is 16.5. The van der Waals surface area contributed by atoms with Crippen molar-refractivity contribution < 1.29 is 4.74 Å². The second-order valence-corrected chi connectivity index (χ2v) is 4.24. The van der Waals surface area contributed by atoms with E-state index in [9.17, 15) is 0 Å². The summed E-state index contributed by atoms with van der Waals surface area (Å²) in [5, 5.41) is 0. The molecule has 2 fully saturated rings. The number of nitrogens with zero attached hydrogens (tertiary/aromatic N) is 1. The van der Waals surface area contributed by atoms with Crippen molar-refractivity contribution in [1.82, 2.24) is 4.90 Å². The van der Waals surface area contributed by atoms with Crippen LogP contribution < -0.4 is 0 Å². The summed E-state index contributed by atoms with van der Waals surface area (Å²) in [7, 11) is 0. The topological polar surface area (TPSA) is 12.5 Å². The summed E-state index contributed by atoms with van der Waals surface area (Å²) in [5.41, 5.74) is 1.42. The molecule has 0 N–H and O–H groups in total. The van der Waals surface area contributed by atoms with Crippen LogP contribution in [0, 0.1) is 0 Å². The van der Waals surface area contributed by atoms with Gasteiger partial charge in [0.05, 0.1) is 13.2 Å². The molecule has 74 valence electrons. The number of morpholine rings is 1. The van der Waals surface area contributed by atoms with Gasteiger partial charge in [-0.1, -0.05) is 30.3 Å². The summed E-state index contributed by atoms with van der Waals surface area (Å²) < 4.78 is 5.46. The van der Waals surface area contributed by atoms with Crippen LogP contribution in [0.2, 0.25) is 0 Å². The molecule has 2 aliphatic heterocycles. The van der Waals surface area contributed by atoms with Gasteiger partial charge in [-0.2, -0.15) is 0 Å². The lowest BCUT2D eigenvalue weighted by molar-refractivity contribution is -0.131. The van der Waals surface area contributed by atoms with Gasteiger partial charge in [0.1, 0.15) is 0 Å². The fraction of sp³-hybridized carbons (Fsp3) is 0.500. The maximum absolute atomic E-state index is 5.46. The highest BCUT2D eigenvalue weighted by Crippen LogP contribution is 2.31. The minimum atomic E-state index is 0.689. The molecule has 2 unspecified atom stereocenters. The van der Waals surface area contributed by atoms with Crippen LogP contribution in [-0.4, -0.2) is 30.2 Å². The van der Waals surface area contributed by atoms with Crippen molar-refractivity contribution in [2.75, 3.05) is 13.2 Å². The molecular formula is C12H15NO. The maximum Gasteiger partial charge on any atom is 0.0623 e. The summed E-state index contributed by atoms with van der Waals surface area (Å²) in [6.45, 7) is 2.96. The third-order valence-electron chi connectivity index (χ3n) is 3.31. The number of hydrogen-bond acceptors (Lipinski definition) is 2. The first kappa shape index (κ1) is 8.45. The average Bonchev–Trinajstić information content (AvgIpc) is 2.28. The Kier molecular flexibility index (Phi) is 2.03. The Labute approximate surface area is 84.5 Å². The van der Waals surface area contributed by atoms with Crippen LogP contribution in [0.25, 0.3) is 0 Å². The minimum Gasteiger partial charge on any atom is -0.378 e. The average molecular weight is 189 g/mol. The van der Waals surface area contributed by atoms with Gasteiger partial charge >= 0.3 is 0 Å². The molecule has 0 aromatic heterocycles. The quantitative estimate of drug-likeness (QED) is 0.701.